The lowest BCUT2D eigenvalue weighted by molar-refractivity contribution is -0.137. The lowest BCUT2D eigenvalue weighted by Gasteiger charge is -2.22. The first-order valence-electron chi connectivity index (χ1n) is 7.12. The molecule has 4 nitrogen and oxygen atoms in total. The molecule has 1 amide bonds. The third-order valence-electron chi connectivity index (χ3n) is 3.90. The van der Waals surface area contributed by atoms with E-state index in [9.17, 15) is 18.0 Å². The van der Waals surface area contributed by atoms with E-state index in [1.54, 1.807) is 0 Å². The highest BCUT2D eigenvalue weighted by molar-refractivity contribution is 5.77. The summed E-state index contributed by atoms with van der Waals surface area (Å²) in [4.78, 5) is 15.6. The van der Waals surface area contributed by atoms with Crippen LogP contribution in [0.1, 0.15) is 11.1 Å². The van der Waals surface area contributed by atoms with Gasteiger partial charge in [0.2, 0.25) is 5.91 Å². The molecule has 0 aromatic heterocycles. The summed E-state index contributed by atoms with van der Waals surface area (Å²) in [5, 5.41) is 0. The molecule has 0 spiro atoms. The molecule has 0 aliphatic carbocycles. The van der Waals surface area contributed by atoms with E-state index in [4.69, 9.17) is 5.73 Å². The van der Waals surface area contributed by atoms with Gasteiger partial charge in [-0.05, 0) is 24.7 Å². The number of nitrogens with zero attached hydrogens (tertiary/aromatic N) is 2. The van der Waals surface area contributed by atoms with E-state index >= 15 is 0 Å². The first kappa shape index (κ1) is 16.8. The van der Waals surface area contributed by atoms with Crippen LogP contribution in [0.5, 0.6) is 0 Å². The maximum atomic E-state index is 12.5. The minimum atomic E-state index is -4.32. The SMILES string of the molecule is CN1CCN(Cc2ccc(C(F)(F)F)cc2)CC(C(N)=O)C1. The van der Waals surface area contributed by atoms with Gasteiger partial charge in [-0.15, -0.1) is 0 Å². The molecule has 2 N–H and O–H groups in total. The maximum Gasteiger partial charge on any atom is 0.416 e. The van der Waals surface area contributed by atoms with Crippen molar-refractivity contribution in [3.05, 3.63) is 35.4 Å². The first-order valence-corrected chi connectivity index (χ1v) is 7.12. The van der Waals surface area contributed by atoms with Crippen LogP contribution in [-0.2, 0) is 17.5 Å². The quantitative estimate of drug-likeness (QED) is 0.921. The van der Waals surface area contributed by atoms with Gasteiger partial charge in [0.05, 0.1) is 11.5 Å². The summed E-state index contributed by atoms with van der Waals surface area (Å²) in [5.74, 6) is -0.604. The zero-order valence-corrected chi connectivity index (χ0v) is 12.4. The molecule has 7 heteroatoms. The van der Waals surface area contributed by atoms with Crippen molar-refractivity contribution in [3.63, 3.8) is 0 Å². The third-order valence-corrected chi connectivity index (χ3v) is 3.90. The Morgan fingerprint density at radius 1 is 1.23 bits per heavy atom. The molecule has 122 valence electrons. The van der Waals surface area contributed by atoms with Crippen molar-refractivity contribution < 1.29 is 18.0 Å². The summed E-state index contributed by atoms with van der Waals surface area (Å²) in [5.41, 5.74) is 5.55. The molecule has 1 aromatic rings. The fraction of sp³-hybridized carbons (Fsp3) is 0.533. The van der Waals surface area contributed by atoms with Crippen molar-refractivity contribution in [1.82, 2.24) is 9.80 Å². The van der Waals surface area contributed by atoms with E-state index in [0.717, 1.165) is 30.8 Å². The number of nitrogens with two attached hydrogens (primary N) is 1. The van der Waals surface area contributed by atoms with Gasteiger partial charge in [0.25, 0.3) is 0 Å². The number of hydrogen-bond donors (Lipinski definition) is 1. The first-order chi connectivity index (χ1) is 10.3. The van der Waals surface area contributed by atoms with Gasteiger partial charge in [-0.2, -0.15) is 13.2 Å². The number of likely N-dealkylation sites (N-methyl/N-ethyl adjacent to an activating group) is 1. The smallest absolute Gasteiger partial charge is 0.369 e. The van der Waals surface area contributed by atoms with E-state index < -0.39 is 11.7 Å². The number of halogens is 3. The summed E-state index contributed by atoms with van der Waals surface area (Å²) >= 11 is 0. The zero-order valence-electron chi connectivity index (χ0n) is 12.4. The average molecular weight is 315 g/mol. The molecule has 1 aliphatic heterocycles. The molecule has 0 bridgehead atoms. The number of benzene rings is 1. The predicted octanol–water partition coefficient (Wildman–Crippen LogP) is 1.55. The minimum Gasteiger partial charge on any atom is -0.369 e. The molecule has 1 aliphatic rings. The molecule has 1 aromatic carbocycles. The Kier molecular flexibility index (Phi) is 5.08. The molecule has 1 fully saturated rings. The number of primary amides is 1. The number of amides is 1. The summed E-state index contributed by atoms with van der Waals surface area (Å²) < 4.78 is 37.6. The fourth-order valence-electron chi connectivity index (χ4n) is 2.62. The van der Waals surface area contributed by atoms with E-state index in [1.807, 2.05) is 11.9 Å². The normalized spacial score (nSPS) is 21.5. The Morgan fingerprint density at radius 2 is 1.86 bits per heavy atom. The van der Waals surface area contributed by atoms with E-state index in [0.29, 0.717) is 19.6 Å². The second kappa shape index (κ2) is 6.66. The van der Waals surface area contributed by atoms with E-state index in [-0.39, 0.29) is 11.8 Å². The second-order valence-corrected chi connectivity index (χ2v) is 5.79. The van der Waals surface area contributed by atoms with Crippen molar-refractivity contribution in [2.45, 2.75) is 12.7 Å². The Balaban J connectivity index is 2.04. The third kappa shape index (κ3) is 4.45. The summed E-state index contributed by atoms with van der Waals surface area (Å²) in [6.07, 6.45) is -4.32. The summed E-state index contributed by atoms with van der Waals surface area (Å²) in [7, 11) is 1.93. The lowest BCUT2D eigenvalue weighted by Crippen LogP contribution is -2.37. The van der Waals surface area contributed by atoms with Crippen LogP contribution in [-0.4, -0.2) is 48.9 Å². The zero-order chi connectivity index (χ0) is 16.3. The number of carbonyl (C=O) groups is 1. The van der Waals surface area contributed by atoms with Crippen LogP contribution in [0.2, 0.25) is 0 Å². The van der Waals surface area contributed by atoms with Crippen LogP contribution < -0.4 is 5.73 Å². The summed E-state index contributed by atoms with van der Waals surface area (Å²) in [6.45, 7) is 3.20. The molecule has 2 rings (SSSR count). The molecule has 1 saturated heterocycles. The van der Waals surface area contributed by atoms with Crippen LogP contribution in [0, 0.1) is 5.92 Å². The lowest BCUT2D eigenvalue weighted by atomic mass is 10.1. The fourth-order valence-corrected chi connectivity index (χ4v) is 2.62. The highest BCUT2D eigenvalue weighted by atomic mass is 19.4. The van der Waals surface area contributed by atoms with Gasteiger partial charge in [0.1, 0.15) is 0 Å². The van der Waals surface area contributed by atoms with Gasteiger partial charge >= 0.3 is 6.18 Å². The second-order valence-electron chi connectivity index (χ2n) is 5.79. The predicted molar refractivity (Wildman–Crippen MR) is 76.9 cm³/mol. The Labute approximate surface area is 127 Å². The van der Waals surface area contributed by atoms with Gasteiger partial charge in [0.15, 0.2) is 0 Å². The molecule has 1 atom stereocenters. The standard InChI is InChI=1S/C15H20F3N3O/c1-20-6-7-21(10-12(9-20)14(19)22)8-11-2-4-13(5-3-11)15(16,17)18/h2-5,12H,6-10H2,1H3,(H2,19,22). The Hall–Kier alpha value is -1.60. The average Bonchev–Trinajstić information content (AvgIpc) is 2.61. The Bertz CT molecular complexity index is 516. The van der Waals surface area contributed by atoms with Gasteiger partial charge < -0.3 is 10.6 Å². The molecule has 0 radical (unpaired) electrons. The largest absolute Gasteiger partial charge is 0.416 e. The van der Waals surface area contributed by atoms with E-state index in [2.05, 4.69) is 4.90 Å². The van der Waals surface area contributed by atoms with Crippen molar-refractivity contribution >= 4 is 5.91 Å². The molecular formula is C15H20F3N3O. The van der Waals surface area contributed by atoms with E-state index in [1.165, 1.54) is 12.1 Å². The number of rotatable bonds is 3. The van der Waals surface area contributed by atoms with Crippen molar-refractivity contribution in [2.75, 3.05) is 33.2 Å². The topological polar surface area (TPSA) is 49.6 Å². The highest BCUT2D eigenvalue weighted by Crippen LogP contribution is 2.29. The van der Waals surface area contributed by atoms with Gasteiger partial charge in [-0.3, -0.25) is 9.69 Å². The molecule has 1 unspecified atom stereocenters. The van der Waals surface area contributed by atoms with Crippen LogP contribution in [0.4, 0.5) is 13.2 Å². The van der Waals surface area contributed by atoms with Gasteiger partial charge in [-0.25, -0.2) is 0 Å². The van der Waals surface area contributed by atoms with Crippen molar-refractivity contribution in [1.29, 1.82) is 0 Å². The molecule has 1 heterocycles. The monoisotopic (exact) mass is 315 g/mol. The minimum absolute atomic E-state index is 0.262. The number of hydrogen-bond acceptors (Lipinski definition) is 3. The molecule has 0 saturated carbocycles. The number of carbonyl (C=O) groups excluding carboxylic acids is 1. The van der Waals surface area contributed by atoms with Gasteiger partial charge in [-0.1, -0.05) is 12.1 Å². The summed E-state index contributed by atoms with van der Waals surface area (Å²) in [6, 6.07) is 5.14. The molecule has 22 heavy (non-hydrogen) atoms. The Morgan fingerprint density at radius 3 is 2.41 bits per heavy atom. The van der Waals surface area contributed by atoms with Gasteiger partial charge in [0, 0.05) is 32.7 Å². The number of alkyl halides is 3. The van der Waals surface area contributed by atoms with Crippen molar-refractivity contribution in [3.8, 4) is 0 Å². The van der Waals surface area contributed by atoms with Crippen LogP contribution >= 0.6 is 0 Å². The van der Waals surface area contributed by atoms with Crippen molar-refractivity contribution in [2.24, 2.45) is 11.7 Å². The highest BCUT2D eigenvalue weighted by Gasteiger charge is 2.30. The maximum absolute atomic E-state index is 12.5. The van der Waals surface area contributed by atoms with Crippen LogP contribution in [0.25, 0.3) is 0 Å². The molecular weight excluding hydrogens is 295 g/mol. The van der Waals surface area contributed by atoms with Crippen LogP contribution in [0.15, 0.2) is 24.3 Å². The van der Waals surface area contributed by atoms with Crippen LogP contribution in [0.3, 0.4) is 0 Å².